The van der Waals surface area contributed by atoms with Gasteiger partial charge in [-0.25, -0.2) is 14.2 Å². The zero-order valence-corrected chi connectivity index (χ0v) is 14.4. The first kappa shape index (κ1) is 17.8. The van der Waals surface area contributed by atoms with Gasteiger partial charge >= 0.3 is 5.97 Å². The molecule has 0 aliphatic rings. The highest BCUT2D eigenvalue weighted by Gasteiger charge is 2.22. The zero-order chi connectivity index (χ0) is 18.5. The number of hydrogen-bond donors (Lipinski definition) is 2. The third-order valence-corrected chi connectivity index (χ3v) is 4.61. The van der Waals surface area contributed by atoms with Crippen LogP contribution in [0.1, 0.15) is 17.3 Å². The number of benzene rings is 2. The molecule has 1 aromatic heterocycles. The van der Waals surface area contributed by atoms with Gasteiger partial charge in [0.2, 0.25) is 5.91 Å². The maximum Gasteiger partial charge on any atom is 0.330 e. The van der Waals surface area contributed by atoms with Gasteiger partial charge in [0.1, 0.15) is 10.8 Å². The molecule has 0 bridgehead atoms. The molecule has 0 saturated heterocycles. The molecule has 0 aliphatic carbocycles. The van der Waals surface area contributed by atoms with Crippen LogP contribution in [0.5, 0.6) is 0 Å². The Morgan fingerprint density at radius 2 is 1.81 bits per heavy atom. The van der Waals surface area contributed by atoms with Gasteiger partial charge in [-0.3, -0.25) is 4.79 Å². The molecule has 0 saturated carbocycles. The minimum Gasteiger partial charge on any atom is -0.479 e. The van der Waals surface area contributed by atoms with Gasteiger partial charge in [0.25, 0.3) is 0 Å². The van der Waals surface area contributed by atoms with E-state index in [-0.39, 0.29) is 12.2 Å². The number of rotatable bonds is 6. The normalized spacial score (nSPS) is 11.7. The summed E-state index contributed by atoms with van der Waals surface area (Å²) in [6.45, 7) is 0. The second kappa shape index (κ2) is 7.88. The van der Waals surface area contributed by atoms with Crippen LogP contribution in [0.2, 0.25) is 0 Å². The number of carboxylic acids is 1. The number of aromatic nitrogens is 1. The molecule has 0 fully saturated rings. The number of amides is 1. The second-order valence-corrected chi connectivity index (χ2v) is 6.41. The van der Waals surface area contributed by atoms with Crippen molar-refractivity contribution in [2.24, 2.45) is 0 Å². The lowest BCUT2D eigenvalue weighted by Crippen LogP contribution is -2.34. The number of thiazole rings is 1. The molecule has 3 aromatic rings. The molecular formula is C19H15FN2O3S. The molecule has 7 heteroatoms. The van der Waals surface area contributed by atoms with E-state index in [0.29, 0.717) is 21.8 Å². The third kappa shape index (κ3) is 4.12. The van der Waals surface area contributed by atoms with Crippen LogP contribution in [0, 0.1) is 5.82 Å². The van der Waals surface area contributed by atoms with E-state index in [0.717, 1.165) is 0 Å². The smallest absolute Gasteiger partial charge is 0.330 e. The van der Waals surface area contributed by atoms with Gasteiger partial charge in [0.15, 0.2) is 6.04 Å². The van der Waals surface area contributed by atoms with Gasteiger partial charge in [0.05, 0.1) is 12.1 Å². The molecule has 0 radical (unpaired) electrons. The van der Waals surface area contributed by atoms with E-state index in [4.69, 9.17) is 0 Å². The molecule has 2 aromatic carbocycles. The summed E-state index contributed by atoms with van der Waals surface area (Å²) in [6, 6.07) is 13.6. The first-order chi connectivity index (χ1) is 12.5. The van der Waals surface area contributed by atoms with E-state index in [1.807, 2.05) is 0 Å². The highest BCUT2D eigenvalue weighted by Crippen LogP contribution is 2.26. The van der Waals surface area contributed by atoms with Gasteiger partial charge in [0, 0.05) is 10.9 Å². The van der Waals surface area contributed by atoms with Crippen molar-refractivity contribution < 1.29 is 19.1 Å². The van der Waals surface area contributed by atoms with Gasteiger partial charge in [-0.15, -0.1) is 11.3 Å². The fraction of sp³-hybridized carbons (Fsp3) is 0.105. The van der Waals surface area contributed by atoms with E-state index in [9.17, 15) is 19.1 Å². The first-order valence-corrected chi connectivity index (χ1v) is 8.69. The molecule has 26 heavy (non-hydrogen) atoms. The Labute approximate surface area is 153 Å². The van der Waals surface area contributed by atoms with Gasteiger partial charge in [-0.2, -0.15) is 0 Å². The predicted molar refractivity (Wildman–Crippen MR) is 96.2 cm³/mol. The number of hydrogen-bond acceptors (Lipinski definition) is 4. The van der Waals surface area contributed by atoms with Crippen LogP contribution >= 0.6 is 11.3 Å². The Balaban J connectivity index is 1.70. The van der Waals surface area contributed by atoms with Crippen molar-refractivity contribution in [2.75, 3.05) is 0 Å². The average Bonchev–Trinajstić information content (AvgIpc) is 3.08. The molecular weight excluding hydrogens is 355 g/mol. The van der Waals surface area contributed by atoms with Crippen molar-refractivity contribution in [3.63, 3.8) is 0 Å². The van der Waals surface area contributed by atoms with E-state index in [1.165, 1.54) is 17.4 Å². The molecule has 3 rings (SSSR count). The summed E-state index contributed by atoms with van der Waals surface area (Å²) in [5, 5.41) is 14.0. The maximum absolute atomic E-state index is 13.8. The van der Waals surface area contributed by atoms with Crippen molar-refractivity contribution in [1.82, 2.24) is 10.3 Å². The average molecular weight is 370 g/mol. The van der Waals surface area contributed by atoms with Crippen LogP contribution in [-0.4, -0.2) is 22.0 Å². The summed E-state index contributed by atoms with van der Waals surface area (Å²) >= 11 is 1.23. The fourth-order valence-electron chi connectivity index (χ4n) is 2.46. The topological polar surface area (TPSA) is 79.3 Å². The van der Waals surface area contributed by atoms with Crippen LogP contribution in [0.4, 0.5) is 4.39 Å². The number of carboxylic acid groups (broad SMARTS) is 1. The lowest BCUT2D eigenvalue weighted by atomic mass is 10.1. The Morgan fingerprint density at radius 1 is 1.12 bits per heavy atom. The first-order valence-electron chi connectivity index (χ1n) is 7.81. The highest BCUT2D eigenvalue weighted by atomic mass is 32.1. The number of nitrogens with one attached hydrogen (secondary N) is 1. The standard InChI is InChI=1S/C19H15FN2O3S/c20-15-9-5-4-8-14(15)18-21-13(11-26-18)10-16(23)22-17(19(24)25)12-6-2-1-3-7-12/h1-9,11,17H,10H2,(H,22,23)(H,24,25). The van der Waals surface area contributed by atoms with Crippen LogP contribution in [-0.2, 0) is 16.0 Å². The molecule has 1 atom stereocenters. The largest absolute Gasteiger partial charge is 0.479 e. The Kier molecular flexibility index (Phi) is 5.38. The molecule has 132 valence electrons. The summed E-state index contributed by atoms with van der Waals surface area (Å²) in [4.78, 5) is 28.0. The molecule has 2 N–H and O–H groups in total. The van der Waals surface area contributed by atoms with Crippen molar-refractivity contribution in [3.8, 4) is 10.6 Å². The van der Waals surface area contributed by atoms with Crippen LogP contribution in [0.3, 0.4) is 0 Å². The van der Waals surface area contributed by atoms with Gasteiger partial charge in [-0.1, -0.05) is 42.5 Å². The molecule has 0 aliphatic heterocycles. The van der Waals surface area contributed by atoms with E-state index in [1.54, 1.807) is 53.9 Å². The van der Waals surface area contributed by atoms with Gasteiger partial charge in [-0.05, 0) is 17.7 Å². The van der Waals surface area contributed by atoms with Crippen LogP contribution in [0.25, 0.3) is 10.6 Å². The monoisotopic (exact) mass is 370 g/mol. The second-order valence-electron chi connectivity index (χ2n) is 5.55. The van der Waals surface area contributed by atoms with Crippen LogP contribution < -0.4 is 5.32 Å². The van der Waals surface area contributed by atoms with Crippen molar-refractivity contribution >= 4 is 23.2 Å². The van der Waals surface area contributed by atoms with Crippen molar-refractivity contribution in [1.29, 1.82) is 0 Å². The number of carbonyl (C=O) groups is 2. The minimum absolute atomic E-state index is 0.0818. The lowest BCUT2D eigenvalue weighted by Gasteiger charge is -2.14. The molecule has 0 spiro atoms. The number of aliphatic carboxylic acids is 1. The third-order valence-electron chi connectivity index (χ3n) is 3.68. The summed E-state index contributed by atoms with van der Waals surface area (Å²) in [7, 11) is 0. The fourth-order valence-corrected chi connectivity index (χ4v) is 3.30. The Morgan fingerprint density at radius 3 is 2.50 bits per heavy atom. The number of nitrogens with zero attached hydrogens (tertiary/aromatic N) is 1. The maximum atomic E-state index is 13.8. The molecule has 1 heterocycles. The van der Waals surface area contributed by atoms with E-state index >= 15 is 0 Å². The highest BCUT2D eigenvalue weighted by molar-refractivity contribution is 7.13. The van der Waals surface area contributed by atoms with E-state index in [2.05, 4.69) is 10.3 Å². The SMILES string of the molecule is O=C(Cc1csc(-c2ccccc2F)n1)NC(C(=O)O)c1ccccc1. The van der Waals surface area contributed by atoms with Crippen molar-refractivity contribution in [3.05, 3.63) is 77.1 Å². The number of halogens is 1. The van der Waals surface area contributed by atoms with Gasteiger partial charge < -0.3 is 10.4 Å². The quantitative estimate of drug-likeness (QED) is 0.697. The predicted octanol–water partition coefficient (Wildman–Crippen LogP) is 3.43. The summed E-state index contributed by atoms with van der Waals surface area (Å²) in [6.07, 6.45) is -0.0818. The minimum atomic E-state index is -1.14. The van der Waals surface area contributed by atoms with E-state index < -0.39 is 17.9 Å². The lowest BCUT2D eigenvalue weighted by molar-refractivity contribution is -0.142. The molecule has 1 unspecified atom stereocenters. The summed E-state index contributed by atoms with van der Waals surface area (Å²) in [5.41, 5.74) is 1.32. The summed E-state index contributed by atoms with van der Waals surface area (Å²) in [5.74, 6) is -1.99. The zero-order valence-electron chi connectivity index (χ0n) is 13.6. The Bertz CT molecular complexity index is 927. The van der Waals surface area contributed by atoms with Crippen LogP contribution in [0.15, 0.2) is 60.0 Å². The Hall–Kier alpha value is -3.06. The number of carbonyl (C=O) groups excluding carboxylic acids is 1. The summed E-state index contributed by atoms with van der Waals surface area (Å²) < 4.78 is 13.8. The molecule has 5 nitrogen and oxygen atoms in total. The molecule has 1 amide bonds. The van der Waals surface area contributed by atoms with Crippen molar-refractivity contribution in [2.45, 2.75) is 12.5 Å².